The molecule has 1 aliphatic rings. The average molecular weight is 264 g/mol. The van der Waals surface area contributed by atoms with Gasteiger partial charge in [-0.25, -0.2) is 0 Å². The molecule has 0 amide bonds. The average Bonchev–Trinajstić information content (AvgIpc) is 2.51. The molecule has 1 atom stereocenters. The predicted octanol–water partition coefficient (Wildman–Crippen LogP) is 3.32. The first-order chi connectivity index (χ1) is 9.70. The van der Waals surface area contributed by atoms with Gasteiger partial charge in [0.1, 0.15) is 5.60 Å². The fourth-order valence-electron chi connectivity index (χ4n) is 2.74. The Hall–Kier alpha value is -2.19. The summed E-state index contributed by atoms with van der Waals surface area (Å²) in [6, 6.07) is 19.2. The Labute approximate surface area is 118 Å². The highest BCUT2D eigenvalue weighted by Crippen LogP contribution is 2.42. The molecule has 0 spiro atoms. The molecule has 0 saturated carbocycles. The predicted molar refractivity (Wildman–Crippen MR) is 79.0 cm³/mol. The number of allylic oxidation sites excluding steroid dienone is 1. The summed E-state index contributed by atoms with van der Waals surface area (Å²) in [7, 11) is 0. The molecule has 2 aromatic carbocycles. The van der Waals surface area contributed by atoms with Crippen molar-refractivity contribution in [2.45, 2.75) is 18.4 Å². The molecule has 1 unspecified atom stereocenters. The number of carbonyl (C=O) groups is 1. The van der Waals surface area contributed by atoms with E-state index in [9.17, 15) is 9.90 Å². The number of hydrogen-bond acceptors (Lipinski definition) is 2. The van der Waals surface area contributed by atoms with Crippen LogP contribution in [0.5, 0.6) is 0 Å². The molecule has 0 radical (unpaired) electrons. The monoisotopic (exact) mass is 264 g/mol. The summed E-state index contributed by atoms with van der Waals surface area (Å²) in [6.45, 7) is 0. The zero-order chi connectivity index (χ0) is 14.0. The molecule has 0 saturated heterocycles. The molecule has 1 aliphatic carbocycles. The lowest BCUT2D eigenvalue weighted by atomic mass is 9.75. The van der Waals surface area contributed by atoms with E-state index in [0.29, 0.717) is 18.4 Å². The van der Waals surface area contributed by atoms with E-state index in [1.807, 2.05) is 60.7 Å². The van der Waals surface area contributed by atoms with E-state index in [4.69, 9.17) is 0 Å². The standard InChI is InChI=1S/C18H16O2/c19-16-11-12-18(20,15-9-5-2-6-10-15)17(13-16)14-7-3-1-4-8-14/h1-10,13,20H,11-12H2. The number of carbonyl (C=O) groups excluding carboxylic acids is 1. The third-order valence-corrected chi connectivity index (χ3v) is 3.82. The van der Waals surface area contributed by atoms with Crippen LogP contribution in [-0.4, -0.2) is 10.9 Å². The van der Waals surface area contributed by atoms with Gasteiger partial charge in [0.2, 0.25) is 0 Å². The van der Waals surface area contributed by atoms with Gasteiger partial charge in [-0.05, 0) is 29.2 Å². The molecule has 0 heterocycles. The van der Waals surface area contributed by atoms with E-state index in [1.54, 1.807) is 6.08 Å². The highest BCUT2D eigenvalue weighted by Gasteiger charge is 2.37. The van der Waals surface area contributed by atoms with Gasteiger partial charge < -0.3 is 5.11 Å². The summed E-state index contributed by atoms with van der Waals surface area (Å²) in [4.78, 5) is 11.8. The molecule has 20 heavy (non-hydrogen) atoms. The van der Waals surface area contributed by atoms with Gasteiger partial charge in [0.05, 0.1) is 0 Å². The summed E-state index contributed by atoms with van der Waals surface area (Å²) < 4.78 is 0. The van der Waals surface area contributed by atoms with Crippen molar-refractivity contribution in [2.75, 3.05) is 0 Å². The molecular formula is C18H16O2. The van der Waals surface area contributed by atoms with E-state index in [1.165, 1.54) is 0 Å². The topological polar surface area (TPSA) is 37.3 Å². The molecule has 3 rings (SSSR count). The fraction of sp³-hybridized carbons (Fsp3) is 0.167. The van der Waals surface area contributed by atoms with E-state index in [2.05, 4.69) is 0 Å². The molecule has 0 aliphatic heterocycles. The van der Waals surface area contributed by atoms with Gasteiger partial charge in [-0.15, -0.1) is 0 Å². The number of aliphatic hydroxyl groups is 1. The fourth-order valence-corrected chi connectivity index (χ4v) is 2.74. The summed E-state index contributed by atoms with van der Waals surface area (Å²) in [6.07, 6.45) is 2.39. The number of ketones is 1. The number of benzene rings is 2. The highest BCUT2D eigenvalue weighted by molar-refractivity contribution is 6.00. The Morgan fingerprint density at radius 3 is 2.15 bits per heavy atom. The van der Waals surface area contributed by atoms with Crippen LogP contribution in [0.3, 0.4) is 0 Å². The van der Waals surface area contributed by atoms with Gasteiger partial charge in [0.25, 0.3) is 0 Å². The third kappa shape index (κ3) is 2.19. The van der Waals surface area contributed by atoms with Crippen LogP contribution >= 0.6 is 0 Å². The van der Waals surface area contributed by atoms with E-state index < -0.39 is 5.60 Å². The first-order valence-corrected chi connectivity index (χ1v) is 6.78. The first kappa shape index (κ1) is 12.8. The Morgan fingerprint density at radius 2 is 1.50 bits per heavy atom. The van der Waals surface area contributed by atoms with Crippen molar-refractivity contribution in [3.63, 3.8) is 0 Å². The lowest BCUT2D eigenvalue weighted by molar-refractivity contribution is -0.116. The van der Waals surface area contributed by atoms with Crippen LogP contribution in [0.25, 0.3) is 5.57 Å². The molecule has 0 fully saturated rings. The van der Waals surface area contributed by atoms with Crippen molar-refractivity contribution in [1.82, 2.24) is 0 Å². The second kappa shape index (κ2) is 5.06. The highest BCUT2D eigenvalue weighted by atomic mass is 16.3. The summed E-state index contributed by atoms with van der Waals surface area (Å²) in [5.41, 5.74) is 1.34. The SMILES string of the molecule is O=C1C=C(c2ccccc2)C(O)(c2ccccc2)CC1. The number of hydrogen-bond donors (Lipinski definition) is 1. The van der Waals surface area contributed by atoms with Crippen LogP contribution in [0.15, 0.2) is 66.7 Å². The molecule has 1 N–H and O–H groups in total. The Balaban J connectivity index is 2.14. The zero-order valence-corrected chi connectivity index (χ0v) is 11.1. The molecule has 2 nitrogen and oxygen atoms in total. The van der Waals surface area contributed by atoms with Gasteiger partial charge >= 0.3 is 0 Å². The van der Waals surface area contributed by atoms with Crippen LogP contribution in [0.1, 0.15) is 24.0 Å². The number of rotatable bonds is 2. The van der Waals surface area contributed by atoms with E-state index >= 15 is 0 Å². The zero-order valence-electron chi connectivity index (χ0n) is 11.1. The van der Waals surface area contributed by atoms with Crippen molar-refractivity contribution in [2.24, 2.45) is 0 Å². The van der Waals surface area contributed by atoms with E-state index in [0.717, 1.165) is 11.1 Å². The molecule has 0 bridgehead atoms. The minimum Gasteiger partial charge on any atom is -0.380 e. The van der Waals surface area contributed by atoms with Crippen LogP contribution < -0.4 is 0 Å². The molecule has 0 aromatic heterocycles. The van der Waals surface area contributed by atoms with Gasteiger partial charge in [0.15, 0.2) is 5.78 Å². The van der Waals surface area contributed by atoms with Crippen LogP contribution in [0.2, 0.25) is 0 Å². The third-order valence-electron chi connectivity index (χ3n) is 3.82. The maximum absolute atomic E-state index is 11.8. The van der Waals surface area contributed by atoms with Crippen LogP contribution in [-0.2, 0) is 10.4 Å². The summed E-state index contributed by atoms with van der Waals surface area (Å²) in [5, 5.41) is 11.2. The smallest absolute Gasteiger partial charge is 0.156 e. The Kier molecular flexibility index (Phi) is 3.25. The van der Waals surface area contributed by atoms with E-state index in [-0.39, 0.29) is 5.78 Å². The Morgan fingerprint density at radius 1 is 0.900 bits per heavy atom. The summed E-state index contributed by atoms with van der Waals surface area (Å²) >= 11 is 0. The van der Waals surface area contributed by atoms with Crippen LogP contribution in [0, 0.1) is 0 Å². The molecule has 2 heteroatoms. The molecule has 2 aromatic rings. The second-order valence-electron chi connectivity index (χ2n) is 5.12. The maximum Gasteiger partial charge on any atom is 0.156 e. The van der Waals surface area contributed by atoms with Crippen LogP contribution in [0.4, 0.5) is 0 Å². The van der Waals surface area contributed by atoms with Crippen molar-refractivity contribution in [3.8, 4) is 0 Å². The molecule has 100 valence electrons. The maximum atomic E-state index is 11.8. The molecular weight excluding hydrogens is 248 g/mol. The van der Waals surface area contributed by atoms with Gasteiger partial charge in [-0.1, -0.05) is 60.7 Å². The van der Waals surface area contributed by atoms with Crippen molar-refractivity contribution < 1.29 is 9.90 Å². The lowest BCUT2D eigenvalue weighted by Crippen LogP contribution is -2.31. The largest absolute Gasteiger partial charge is 0.380 e. The quantitative estimate of drug-likeness (QED) is 0.903. The van der Waals surface area contributed by atoms with Gasteiger partial charge in [-0.3, -0.25) is 4.79 Å². The minimum atomic E-state index is -1.09. The lowest BCUT2D eigenvalue weighted by Gasteiger charge is -2.34. The van der Waals surface area contributed by atoms with Crippen molar-refractivity contribution >= 4 is 11.4 Å². The normalized spacial score (nSPS) is 22.4. The van der Waals surface area contributed by atoms with Crippen molar-refractivity contribution in [1.29, 1.82) is 0 Å². The van der Waals surface area contributed by atoms with Crippen molar-refractivity contribution in [3.05, 3.63) is 77.9 Å². The van der Waals surface area contributed by atoms with Gasteiger partial charge in [0, 0.05) is 6.42 Å². The Bertz CT molecular complexity index is 644. The minimum absolute atomic E-state index is 0.0736. The van der Waals surface area contributed by atoms with Gasteiger partial charge in [-0.2, -0.15) is 0 Å². The first-order valence-electron chi connectivity index (χ1n) is 6.78. The summed E-state index contributed by atoms with van der Waals surface area (Å²) in [5.74, 6) is 0.0736. The second-order valence-corrected chi connectivity index (χ2v) is 5.12.